The Balaban J connectivity index is 0.911. The van der Waals surface area contributed by atoms with Crippen molar-refractivity contribution in [3.63, 3.8) is 0 Å². The highest BCUT2D eigenvalue weighted by atomic mass is 15.1. The summed E-state index contributed by atoms with van der Waals surface area (Å²) in [5.74, 6) is 0. The van der Waals surface area contributed by atoms with Gasteiger partial charge in [-0.25, -0.2) is 0 Å². The molecule has 0 amide bonds. The number of fused-ring (bicyclic) bond motifs is 10. The molecule has 13 aromatic carbocycles. The van der Waals surface area contributed by atoms with Crippen molar-refractivity contribution < 1.29 is 0 Å². The highest BCUT2D eigenvalue weighted by Crippen LogP contribution is 2.43. The maximum absolute atomic E-state index is 2.47. The van der Waals surface area contributed by atoms with Gasteiger partial charge in [-0.2, -0.15) is 0 Å². The highest BCUT2D eigenvalue weighted by Gasteiger charge is 2.19. The lowest BCUT2D eigenvalue weighted by molar-refractivity contribution is 1.19. The molecule has 0 unspecified atom stereocenters. The molecule has 2 heteroatoms. The Morgan fingerprint density at radius 2 is 0.597 bits per heavy atom. The van der Waals surface area contributed by atoms with Crippen LogP contribution in [0.5, 0.6) is 0 Å². The van der Waals surface area contributed by atoms with E-state index in [0.717, 1.165) is 28.3 Å². The predicted octanol–water partition coefficient (Wildman–Crippen LogP) is 19.5. The van der Waals surface area contributed by atoms with Crippen molar-refractivity contribution in [3.8, 4) is 50.2 Å². The van der Waals surface area contributed by atoms with Gasteiger partial charge in [0.25, 0.3) is 0 Å². The number of benzene rings is 13. The molecule has 72 heavy (non-hydrogen) atoms. The van der Waals surface area contributed by atoms with Gasteiger partial charge in [0.2, 0.25) is 0 Å². The summed E-state index contributed by atoms with van der Waals surface area (Å²) >= 11 is 0. The molecule has 0 N–H and O–H groups in total. The first kappa shape index (κ1) is 41.5. The van der Waals surface area contributed by atoms with Crippen molar-refractivity contribution in [2.45, 2.75) is 0 Å². The van der Waals surface area contributed by atoms with E-state index in [1.54, 1.807) is 0 Å². The SMILES string of the molecule is c1ccc(-c2ccc(-c3ccc4c(c3)c3cc(-c5ccc(N(c6ccc(-c7ccccc7)cc6)c6cccc7ccccc67)cc5)ccc3n4-c3ccc4c5ccccc5c5ccccc5c4c3)cc2)cc1. The molecule has 1 aromatic heterocycles. The smallest absolute Gasteiger partial charge is 0.0541 e. The number of hydrogen-bond donors (Lipinski definition) is 0. The number of rotatable bonds is 8. The Labute approximate surface area is 418 Å². The van der Waals surface area contributed by atoms with Gasteiger partial charge in [-0.3, -0.25) is 0 Å². The molecule has 14 aromatic rings. The molecule has 0 atom stereocenters. The van der Waals surface area contributed by atoms with Gasteiger partial charge >= 0.3 is 0 Å². The fraction of sp³-hybridized carbons (Fsp3) is 0. The predicted molar refractivity (Wildman–Crippen MR) is 307 cm³/mol. The minimum Gasteiger partial charge on any atom is -0.310 e. The molecular formula is C70H46N2. The van der Waals surface area contributed by atoms with E-state index in [4.69, 9.17) is 0 Å². The van der Waals surface area contributed by atoms with Crippen molar-refractivity contribution in [2.75, 3.05) is 4.90 Å². The summed E-state index contributed by atoms with van der Waals surface area (Å²) in [5.41, 5.74) is 16.4. The Morgan fingerprint density at radius 3 is 1.11 bits per heavy atom. The van der Waals surface area contributed by atoms with Gasteiger partial charge in [-0.05, 0) is 149 Å². The van der Waals surface area contributed by atoms with Crippen LogP contribution in [0.4, 0.5) is 17.1 Å². The standard InChI is InChI=1S/C70H46N2/c1-3-14-47(15-4-1)49-26-28-51(29-27-49)54-34-42-69-66(44-54)67-45-55(35-43-70(67)72(69)58-40-41-64-62-23-10-9-21-60(62)61-22-11-12-24-63(61)65(64)46-58)52-32-38-57(39-33-52)71(68-25-13-19-53-18-7-8-20-59(53)68)56-36-30-50(31-37-56)48-16-5-2-6-17-48/h1-46H. The van der Waals surface area contributed by atoms with Crippen LogP contribution >= 0.6 is 0 Å². The first-order valence-corrected chi connectivity index (χ1v) is 24.8. The Kier molecular flexibility index (Phi) is 9.89. The average Bonchev–Trinajstić information content (AvgIpc) is 3.79. The van der Waals surface area contributed by atoms with Crippen LogP contribution in [0.15, 0.2) is 279 Å². The van der Waals surface area contributed by atoms with Crippen LogP contribution in [0, 0.1) is 0 Å². The van der Waals surface area contributed by atoms with Crippen LogP contribution < -0.4 is 4.90 Å². The van der Waals surface area contributed by atoms with Crippen LogP contribution in [0.2, 0.25) is 0 Å². The number of hydrogen-bond acceptors (Lipinski definition) is 1. The molecule has 0 aliphatic rings. The van der Waals surface area contributed by atoms with E-state index in [1.165, 1.54) is 104 Å². The summed E-state index contributed by atoms with van der Waals surface area (Å²) in [5, 5.41) is 12.5. The topological polar surface area (TPSA) is 8.17 Å². The normalized spacial score (nSPS) is 11.6. The second kappa shape index (κ2) is 17.2. The zero-order valence-electron chi connectivity index (χ0n) is 39.5. The van der Waals surface area contributed by atoms with Gasteiger partial charge < -0.3 is 9.47 Å². The molecule has 2 nitrogen and oxygen atoms in total. The molecule has 0 aliphatic heterocycles. The van der Waals surface area contributed by atoms with Crippen LogP contribution in [-0.2, 0) is 0 Å². The lowest BCUT2D eigenvalue weighted by Gasteiger charge is -2.27. The van der Waals surface area contributed by atoms with Crippen molar-refractivity contribution in [3.05, 3.63) is 279 Å². The minimum absolute atomic E-state index is 1.10. The molecule has 336 valence electrons. The molecule has 0 saturated carbocycles. The second-order valence-electron chi connectivity index (χ2n) is 18.9. The second-order valence-corrected chi connectivity index (χ2v) is 18.9. The van der Waals surface area contributed by atoms with Crippen LogP contribution in [0.25, 0.3) is 115 Å². The number of nitrogens with zero attached hydrogens (tertiary/aromatic N) is 2. The minimum atomic E-state index is 1.10. The monoisotopic (exact) mass is 914 g/mol. The highest BCUT2D eigenvalue weighted by molar-refractivity contribution is 6.25. The number of anilines is 3. The summed E-state index contributed by atoms with van der Waals surface area (Å²) in [6.07, 6.45) is 0. The van der Waals surface area contributed by atoms with Crippen molar-refractivity contribution in [2.24, 2.45) is 0 Å². The molecule has 0 spiro atoms. The van der Waals surface area contributed by atoms with E-state index in [0.29, 0.717) is 0 Å². The van der Waals surface area contributed by atoms with E-state index in [-0.39, 0.29) is 0 Å². The molecule has 0 aliphatic carbocycles. The summed E-state index contributed by atoms with van der Waals surface area (Å²) in [6, 6.07) is 102. The third-order valence-electron chi connectivity index (χ3n) is 14.8. The molecule has 0 bridgehead atoms. The summed E-state index contributed by atoms with van der Waals surface area (Å²) in [4.78, 5) is 2.39. The van der Waals surface area contributed by atoms with Crippen LogP contribution in [0.1, 0.15) is 0 Å². The quantitative estimate of drug-likeness (QED) is 0.138. The Morgan fingerprint density at radius 1 is 0.222 bits per heavy atom. The fourth-order valence-electron chi connectivity index (χ4n) is 11.2. The van der Waals surface area contributed by atoms with Crippen LogP contribution in [-0.4, -0.2) is 4.57 Å². The molecule has 0 fully saturated rings. The molecule has 14 rings (SSSR count). The molecule has 1 heterocycles. The van der Waals surface area contributed by atoms with Gasteiger partial charge in [0, 0.05) is 33.2 Å². The lowest BCUT2D eigenvalue weighted by atomic mass is 9.94. The van der Waals surface area contributed by atoms with E-state index < -0.39 is 0 Å². The van der Waals surface area contributed by atoms with Crippen molar-refractivity contribution >= 4 is 82.0 Å². The van der Waals surface area contributed by atoms with E-state index >= 15 is 0 Å². The summed E-state index contributed by atoms with van der Waals surface area (Å²) in [7, 11) is 0. The van der Waals surface area contributed by atoms with Crippen molar-refractivity contribution in [1.82, 2.24) is 4.57 Å². The Bertz CT molecular complexity index is 4300. The van der Waals surface area contributed by atoms with E-state index in [1.807, 2.05) is 0 Å². The maximum atomic E-state index is 2.47. The first-order chi connectivity index (χ1) is 35.7. The maximum Gasteiger partial charge on any atom is 0.0541 e. The van der Waals surface area contributed by atoms with Gasteiger partial charge in [0.05, 0.1) is 16.7 Å². The molecule has 0 radical (unpaired) electrons. The fourth-order valence-corrected chi connectivity index (χ4v) is 11.2. The third-order valence-corrected chi connectivity index (χ3v) is 14.8. The lowest BCUT2D eigenvalue weighted by Crippen LogP contribution is -2.10. The Hall–Kier alpha value is -9.50. The molecular weight excluding hydrogens is 869 g/mol. The third kappa shape index (κ3) is 7.03. The summed E-state index contributed by atoms with van der Waals surface area (Å²) in [6.45, 7) is 0. The van der Waals surface area contributed by atoms with Gasteiger partial charge in [0.1, 0.15) is 0 Å². The van der Waals surface area contributed by atoms with Gasteiger partial charge in [-0.1, -0.05) is 212 Å². The first-order valence-electron chi connectivity index (χ1n) is 24.8. The number of aromatic nitrogens is 1. The van der Waals surface area contributed by atoms with Crippen LogP contribution in [0.3, 0.4) is 0 Å². The largest absolute Gasteiger partial charge is 0.310 e. The van der Waals surface area contributed by atoms with E-state index in [9.17, 15) is 0 Å². The van der Waals surface area contributed by atoms with Gasteiger partial charge in [0.15, 0.2) is 0 Å². The molecule has 0 saturated heterocycles. The zero-order chi connectivity index (χ0) is 47.5. The average molecular weight is 915 g/mol. The van der Waals surface area contributed by atoms with E-state index in [2.05, 4.69) is 289 Å². The summed E-state index contributed by atoms with van der Waals surface area (Å²) < 4.78 is 2.47. The van der Waals surface area contributed by atoms with Gasteiger partial charge in [-0.15, -0.1) is 0 Å². The van der Waals surface area contributed by atoms with Crippen molar-refractivity contribution in [1.29, 1.82) is 0 Å². The zero-order valence-corrected chi connectivity index (χ0v) is 39.5.